The maximum atomic E-state index is 13.8. The van der Waals surface area contributed by atoms with Gasteiger partial charge in [-0.2, -0.15) is 0 Å². The summed E-state index contributed by atoms with van der Waals surface area (Å²) in [5, 5.41) is 22.8. The second-order valence-corrected chi connectivity index (χ2v) is 5.22. The van der Waals surface area contributed by atoms with Gasteiger partial charge in [0.2, 0.25) is 0 Å². The monoisotopic (exact) mass is 298 g/mol. The van der Waals surface area contributed by atoms with E-state index < -0.39 is 33.5 Å². The first-order chi connectivity index (χ1) is 9.74. The van der Waals surface area contributed by atoms with Crippen molar-refractivity contribution in [3.63, 3.8) is 0 Å². The van der Waals surface area contributed by atoms with Crippen LogP contribution in [0.2, 0.25) is 0 Å². The highest BCUT2D eigenvalue weighted by atomic mass is 19.1. The number of anilines is 1. The molecule has 1 aliphatic rings. The molecule has 0 saturated carbocycles. The van der Waals surface area contributed by atoms with E-state index in [9.17, 15) is 19.3 Å². The fraction of sp³-hybridized carbons (Fsp3) is 0.462. The summed E-state index contributed by atoms with van der Waals surface area (Å²) in [7, 11) is 0. The Morgan fingerprint density at radius 1 is 1.62 bits per heavy atom. The molecule has 7 nitrogen and oxygen atoms in total. The summed E-state index contributed by atoms with van der Waals surface area (Å²) >= 11 is 0. The van der Waals surface area contributed by atoms with E-state index in [0.717, 1.165) is 12.1 Å². The summed E-state index contributed by atoms with van der Waals surface area (Å²) in [6, 6.07) is 1.57. The Balaban J connectivity index is 2.45. The second kappa shape index (κ2) is 5.28. The number of carbonyl (C=O) groups is 1. The summed E-state index contributed by atoms with van der Waals surface area (Å²) in [6.07, 6.45) is 0.396. The van der Waals surface area contributed by atoms with Gasteiger partial charge in [-0.15, -0.1) is 0 Å². The lowest BCUT2D eigenvalue weighted by atomic mass is 9.94. The van der Waals surface area contributed by atoms with Crippen LogP contribution in [0.3, 0.4) is 0 Å². The molecule has 1 heterocycles. The average molecular weight is 298 g/mol. The minimum atomic E-state index is -1.55. The van der Waals surface area contributed by atoms with Gasteiger partial charge in [0, 0.05) is 18.7 Å². The van der Waals surface area contributed by atoms with Gasteiger partial charge in [0.15, 0.2) is 0 Å². The zero-order chi connectivity index (χ0) is 15.8. The SMILES string of the molecule is CC1OCCC1(C)Nc1cc(F)c(C(=O)O)cc1[N+](=O)[O-]. The zero-order valence-corrected chi connectivity index (χ0v) is 11.6. The average Bonchev–Trinajstić information content (AvgIpc) is 2.68. The van der Waals surface area contributed by atoms with Gasteiger partial charge in [-0.25, -0.2) is 9.18 Å². The maximum Gasteiger partial charge on any atom is 0.338 e. The van der Waals surface area contributed by atoms with Crippen molar-refractivity contribution in [2.24, 2.45) is 0 Å². The molecule has 1 aromatic carbocycles. The fourth-order valence-electron chi connectivity index (χ4n) is 2.28. The Labute approximate surface area is 119 Å². The number of rotatable bonds is 4. The smallest absolute Gasteiger partial charge is 0.338 e. The van der Waals surface area contributed by atoms with E-state index in [0.29, 0.717) is 13.0 Å². The van der Waals surface area contributed by atoms with Crippen molar-refractivity contribution >= 4 is 17.3 Å². The molecule has 0 aliphatic carbocycles. The van der Waals surface area contributed by atoms with Gasteiger partial charge in [0.1, 0.15) is 17.1 Å². The quantitative estimate of drug-likeness (QED) is 0.653. The van der Waals surface area contributed by atoms with Crippen molar-refractivity contribution in [3.05, 3.63) is 33.6 Å². The minimum absolute atomic E-state index is 0.0534. The molecular weight excluding hydrogens is 283 g/mol. The number of hydrogen-bond acceptors (Lipinski definition) is 5. The van der Waals surface area contributed by atoms with Crippen LogP contribution in [0, 0.1) is 15.9 Å². The molecule has 21 heavy (non-hydrogen) atoms. The van der Waals surface area contributed by atoms with Gasteiger partial charge >= 0.3 is 5.97 Å². The zero-order valence-electron chi connectivity index (χ0n) is 11.6. The minimum Gasteiger partial charge on any atom is -0.478 e. The Bertz CT molecular complexity index is 606. The molecule has 0 spiro atoms. The van der Waals surface area contributed by atoms with Crippen LogP contribution in [0.25, 0.3) is 0 Å². The predicted molar refractivity (Wildman–Crippen MR) is 72.1 cm³/mol. The van der Waals surface area contributed by atoms with Crippen LogP contribution in [0.5, 0.6) is 0 Å². The lowest BCUT2D eigenvalue weighted by Gasteiger charge is -2.30. The Morgan fingerprint density at radius 2 is 2.29 bits per heavy atom. The lowest BCUT2D eigenvalue weighted by molar-refractivity contribution is -0.384. The van der Waals surface area contributed by atoms with Gasteiger partial charge in [-0.05, 0) is 20.3 Å². The Hall–Kier alpha value is -2.22. The van der Waals surface area contributed by atoms with E-state index >= 15 is 0 Å². The van der Waals surface area contributed by atoms with Crippen LogP contribution in [-0.2, 0) is 4.74 Å². The number of nitrogens with one attached hydrogen (secondary N) is 1. The van der Waals surface area contributed by atoms with Crippen LogP contribution in [-0.4, -0.2) is 34.2 Å². The molecule has 8 heteroatoms. The third kappa shape index (κ3) is 2.80. The second-order valence-electron chi connectivity index (χ2n) is 5.22. The van der Waals surface area contributed by atoms with Crippen molar-refractivity contribution in [1.29, 1.82) is 0 Å². The number of nitro benzene ring substituents is 1. The highest BCUT2D eigenvalue weighted by Crippen LogP contribution is 2.35. The fourth-order valence-corrected chi connectivity index (χ4v) is 2.28. The van der Waals surface area contributed by atoms with Crippen molar-refractivity contribution in [2.75, 3.05) is 11.9 Å². The highest BCUT2D eigenvalue weighted by Gasteiger charge is 2.38. The van der Waals surface area contributed by atoms with Crippen LogP contribution >= 0.6 is 0 Å². The summed E-state index contributed by atoms with van der Waals surface area (Å²) in [4.78, 5) is 21.2. The molecule has 1 aliphatic heterocycles. The van der Waals surface area contributed by atoms with Crippen molar-refractivity contribution < 1.29 is 24.0 Å². The van der Waals surface area contributed by atoms with Gasteiger partial charge < -0.3 is 15.2 Å². The first-order valence-electron chi connectivity index (χ1n) is 6.35. The van der Waals surface area contributed by atoms with E-state index in [2.05, 4.69) is 5.32 Å². The predicted octanol–water partition coefficient (Wildman–Crippen LogP) is 2.41. The molecule has 2 atom stereocenters. The first kappa shape index (κ1) is 15.2. The lowest BCUT2D eigenvalue weighted by Crippen LogP contribution is -2.41. The highest BCUT2D eigenvalue weighted by molar-refractivity contribution is 5.90. The van der Waals surface area contributed by atoms with Crippen molar-refractivity contribution in [1.82, 2.24) is 0 Å². The molecule has 0 bridgehead atoms. The summed E-state index contributed by atoms with van der Waals surface area (Å²) < 4.78 is 19.2. The standard InChI is InChI=1S/C13H15FN2O5/c1-7-13(2,3-4-21-7)15-10-6-9(14)8(12(17)18)5-11(10)16(19)20/h5-7,15H,3-4H2,1-2H3,(H,17,18). The molecule has 1 fully saturated rings. The molecule has 2 rings (SSSR count). The molecule has 1 aromatic rings. The number of halogens is 1. The Morgan fingerprint density at radius 3 is 2.76 bits per heavy atom. The molecule has 0 amide bonds. The number of carboxylic acids is 1. The van der Waals surface area contributed by atoms with Gasteiger partial charge in [-0.3, -0.25) is 10.1 Å². The molecule has 1 saturated heterocycles. The number of aromatic carboxylic acids is 1. The number of benzene rings is 1. The van der Waals surface area contributed by atoms with E-state index in [1.807, 2.05) is 13.8 Å². The topological polar surface area (TPSA) is 102 Å². The molecule has 0 radical (unpaired) electrons. The number of ether oxygens (including phenoxy) is 1. The van der Waals surface area contributed by atoms with Crippen molar-refractivity contribution in [2.45, 2.75) is 31.9 Å². The summed E-state index contributed by atoms with van der Waals surface area (Å²) in [6.45, 7) is 4.12. The van der Waals surface area contributed by atoms with Crippen molar-refractivity contribution in [3.8, 4) is 0 Å². The summed E-state index contributed by atoms with van der Waals surface area (Å²) in [5.74, 6) is -2.57. The third-order valence-corrected chi connectivity index (χ3v) is 3.82. The Kier molecular flexibility index (Phi) is 3.82. The normalized spacial score (nSPS) is 24.8. The van der Waals surface area contributed by atoms with Crippen LogP contribution in [0.15, 0.2) is 12.1 Å². The molecule has 0 aromatic heterocycles. The number of hydrogen-bond donors (Lipinski definition) is 2. The van der Waals surface area contributed by atoms with E-state index in [-0.39, 0.29) is 11.8 Å². The summed E-state index contributed by atoms with van der Waals surface area (Å²) in [5.41, 5.74) is -1.84. The molecule has 114 valence electrons. The van der Waals surface area contributed by atoms with E-state index in [4.69, 9.17) is 9.84 Å². The van der Waals surface area contributed by atoms with E-state index in [1.54, 1.807) is 0 Å². The van der Waals surface area contributed by atoms with Crippen LogP contribution < -0.4 is 5.32 Å². The molecule has 2 N–H and O–H groups in total. The molecule has 2 unspecified atom stereocenters. The third-order valence-electron chi connectivity index (χ3n) is 3.82. The first-order valence-corrected chi connectivity index (χ1v) is 6.35. The van der Waals surface area contributed by atoms with Gasteiger partial charge in [0.05, 0.1) is 16.6 Å². The van der Waals surface area contributed by atoms with Crippen LogP contribution in [0.1, 0.15) is 30.6 Å². The number of nitro groups is 1. The van der Waals surface area contributed by atoms with Gasteiger partial charge in [0.25, 0.3) is 5.69 Å². The van der Waals surface area contributed by atoms with Gasteiger partial charge in [-0.1, -0.05) is 0 Å². The maximum absolute atomic E-state index is 13.8. The number of carboxylic acid groups (broad SMARTS) is 1. The van der Waals surface area contributed by atoms with E-state index in [1.165, 1.54) is 0 Å². The number of nitrogens with zero attached hydrogens (tertiary/aromatic N) is 1. The molecular formula is C13H15FN2O5. The van der Waals surface area contributed by atoms with Crippen LogP contribution in [0.4, 0.5) is 15.8 Å². The largest absolute Gasteiger partial charge is 0.478 e.